The maximum atomic E-state index is 15.3. The number of ether oxygens (including phenoxy) is 1. The second-order valence-electron chi connectivity index (χ2n) is 14.5. The summed E-state index contributed by atoms with van der Waals surface area (Å²) in [5, 5.41) is 24.7. The summed E-state index contributed by atoms with van der Waals surface area (Å²) in [5.74, 6) is 0.460. The molecule has 0 radical (unpaired) electrons. The summed E-state index contributed by atoms with van der Waals surface area (Å²) in [6.07, 6.45) is 8.66. The molecular formula is C37H43FN8O4Si. The molecule has 1 aliphatic carbocycles. The predicted octanol–water partition coefficient (Wildman–Crippen LogP) is 3.49. The number of rotatable bonds is 6. The van der Waals surface area contributed by atoms with E-state index in [0.29, 0.717) is 65.0 Å². The molecule has 266 valence electrons. The van der Waals surface area contributed by atoms with Gasteiger partial charge in [0.25, 0.3) is 0 Å². The van der Waals surface area contributed by atoms with E-state index in [-0.39, 0.29) is 35.0 Å². The van der Waals surface area contributed by atoms with E-state index >= 15 is 4.39 Å². The molecule has 0 bridgehead atoms. The van der Waals surface area contributed by atoms with Crippen molar-refractivity contribution in [3.05, 3.63) is 66.2 Å². The van der Waals surface area contributed by atoms with E-state index in [1.807, 2.05) is 0 Å². The van der Waals surface area contributed by atoms with Crippen molar-refractivity contribution in [2.45, 2.75) is 74.5 Å². The van der Waals surface area contributed by atoms with Crippen LogP contribution in [0.15, 0.2) is 54.7 Å². The highest BCUT2D eigenvalue weighted by Crippen LogP contribution is 2.46. The van der Waals surface area contributed by atoms with Crippen LogP contribution in [0.2, 0.25) is 0 Å². The van der Waals surface area contributed by atoms with E-state index in [4.69, 9.17) is 10.5 Å². The second-order valence-corrected chi connectivity index (χ2v) is 16.1. The molecule has 4 aliphatic rings. The number of anilines is 2. The lowest BCUT2D eigenvalue weighted by molar-refractivity contribution is -0.135. The van der Waals surface area contributed by atoms with Crippen molar-refractivity contribution in [1.29, 1.82) is 0 Å². The van der Waals surface area contributed by atoms with Crippen molar-refractivity contribution in [1.82, 2.24) is 30.2 Å². The van der Waals surface area contributed by atoms with Gasteiger partial charge in [0.1, 0.15) is 18.1 Å². The molecule has 8 rings (SSSR count). The first kappa shape index (κ1) is 33.3. The van der Waals surface area contributed by atoms with Gasteiger partial charge in [0.15, 0.2) is 5.82 Å². The smallest absolute Gasteiger partial charge is 0.247 e. The number of nitrogen functional groups attached to an aromatic ring is 1. The molecule has 3 aliphatic heterocycles. The van der Waals surface area contributed by atoms with Crippen LogP contribution in [0.3, 0.4) is 0 Å². The lowest BCUT2D eigenvalue weighted by atomic mass is 9.80. The largest absolute Gasteiger partial charge is 0.507 e. The van der Waals surface area contributed by atoms with Crippen molar-refractivity contribution >= 4 is 33.6 Å². The number of carbonyl (C=O) groups is 2. The van der Waals surface area contributed by atoms with Crippen molar-refractivity contribution in [2.75, 3.05) is 36.9 Å². The summed E-state index contributed by atoms with van der Waals surface area (Å²) < 4.78 is 23.4. The van der Waals surface area contributed by atoms with Crippen LogP contribution in [0.4, 0.5) is 15.9 Å². The number of carbonyl (C=O) groups excluding carboxylic acids is 2. The molecule has 5 heterocycles. The summed E-state index contributed by atoms with van der Waals surface area (Å²) in [6, 6.07) is 15.3. The first-order chi connectivity index (χ1) is 24.7. The zero-order valence-electron chi connectivity index (χ0n) is 28.7. The van der Waals surface area contributed by atoms with Crippen LogP contribution in [-0.2, 0) is 9.59 Å². The molecule has 14 heteroatoms. The molecular weight excluding hydrogens is 668 g/mol. The van der Waals surface area contributed by atoms with Crippen LogP contribution >= 0.6 is 0 Å². The van der Waals surface area contributed by atoms with Gasteiger partial charge in [-0.3, -0.25) is 19.6 Å². The monoisotopic (exact) mass is 710 g/mol. The van der Waals surface area contributed by atoms with Crippen molar-refractivity contribution in [3.8, 4) is 33.9 Å². The Kier molecular flexibility index (Phi) is 8.74. The van der Waals surface area contributed by atoms with E-state index in [2.05, 4.69) is 48.6 Å². The van der Waals surface area contributed by atoms with E-state index in [0.717, 1.165) is 63.1 Å². The van der Waals surface area contributed by atoms with Gasteiger partial charge in [-0.1, -0.05) is 24.3 Å². The third kappa shape index (κ3) is 6.13. The van der Waals surface area contributed by atoms with E-state index in [1.54, 1.807) is 41.2 Å². The van der Waals surface area contributed by atoms with Gasteiger partial charge < -0.3 is 25.4 Å². The topological polar surface area (TPSA) is 152 Å². The molecule has 4 N–H and O–H groups in total. The molecule has 51 heavy (non-hydrogen) atoms. The third-order valence-corrected chi connectivity index (χ3v) is 13.1. The molecule has 2 saturated heterocycles. The molecule has 1 saturated carbocycles. The fraction of sp³-hybridized carbons (Fsp3) is 0.432. The number of hydrogen-bond donors (Lipinski definition) is 3. The number of fused-ring (bicyclic) bond motifs is 1. The number of halogens is 1. The fourth-order valence-electron chi connectivity index (χ4n) is 8.60. The summed E-state index contributed by atoms with van der Waals surface area (Å²) in [6.45, 7) is 2.98. The number of nitrogens with two attached hydrogens (primary N) is 1. The minimum absolute atomic E-state index is 0.0565. The van der Waals surface area contributed by atoms with Gasteiger partial charge in [0.05, 0.1) is 34.7 Å². The summed E-state index contributed by atoms with van der Waals surface area (Å²) in [5.41, 5.74) is 9.89. The predicted molar refractivity (Wildman–Crippen MR) is 194 cm³/mol. The minimum atomic E-state index is -0.654. The van der Waals surface area contributed by atoms with Gasteiger partial charge in [-0.15, -0.1) is 15.3 Å². The number of amides is 2. The number of nitrogens with one attached hydrogen (secondary N) is 1. The molecule has 3 fully saturated rings. The number of phenolic OH excluding ortho intramolecular Hbond substituents is 1. The average molecular weight is 711 g/mol. The molecule has 1 atom stereocenters. The minimum Gasteiger partial charge on any atom is -0.507 e. The highest BCUT2D eigenvalue weighted by Gasteiger charge is 2.45. The van der Waals surface area contributed by atoms with Gasteiger partial charge in [0.2, 0.25) is 17.8 Å². The number of piperidine rings is 2. The van der Waals surface area contributed by atoms with E-state index in [9.17, 15) is 14.7 Å². The Morgan fingerprint density at radius 3 is 2.49 bits per heavy atom. The fourth-order valence-corrected chi connectivity index (χ4v) is 9.44. The van der Waals surface area contributed by atoms with Gasteiger partial charge in [0, 0.05) is 53.1 Å². The Hall–Kier alpha value is -4.82. The van der Waals surface area contributed by atoms with Crippen LogP contribution in [0.1, 0.15) is 68.9 Å². The van der Waals surface area contributed by atoms with Gasteiger partial charge in [-0.2, -0.15) is 4.39 Å². The SMILES string of the molecule is Nc1nnc(-c2ccccc2O)cc1-c1cn(C2CCN([C@H]3CC[C@H](c4cccc5c4OCCN5[C@]4([SiH3])CCC(=O)NC4=O)CC3)CC2)nc1F. The number of hydrogen-bond acceptors (Lipinski definition) is 10. The third-order valence-electron chi connectivity index (χ3n) is 11.6. The van der Waals surface area contributed by atoms with Crippen LogP contribution in [-0.4, -0.2) is 89.5 Å². The summed E-state index contributed by atoms with van der Waals surface area (Å²) in [4.78, 5) is 29.7. The average Bonchev–Trinajstić information content (AvgIpc) is 3.54. The molecule has 4 aromatic rings. The van der Waals surface area contributed by atoms with Crippen LogP contribution in [0.25, 0.3) is 22.4 Å². The van der Waals surface area contributed by atoms with Crippen molar-refractivity contribution in [2.24, 2.45) is 0 Å². The first-order valence-electron chi connectivity index (χ1n) is 18.0. The highest BCUT2D eigenvalue weighted by atomic mass is 28.1. The maximum absolute atomic E-state index is 15.3. The summed E-state index contributed by atoms with van der Waals surface area (Å²) in [7, 11) is 0.611. The molecule has 2 aromatic heterocycles. The quantitative estimate of drug-likeness (QED) is 0.200. The van der Waals surface area contributed by atoms with E-state index < -0.39 is 11.1 Å². The number of para-hydroxylation sites is 2. The zero-order chi connectivity index (χ0) is 35.3. The Labute approximate surface area is 298 Å². The Balaban J connectivity index is 0.905. The van der Waals surface area contributed by atoms with E-state index in [1.165, 1.54) is 5.56 Å². The number of nitrogens with zero attached hydrogens (tertiary/aromatic N) is 6. The first-order valence-corrected chi connectivity index (χ1v) is 19.0. The van der Waals surface area contributed by atoms with Crippen molar-refractivity contribution < 1.29 is 23.8 Å². The zero-order valence-corrected chi connectivity index (χ0v) is 30.7. The number of benzene rings is 2. The highest BCUT2D eigenvalue weighted by molar-refractivity contribution is 6.33. The summed E-state index contributed by atoms with van der Waals surface area (Å²) >= 11 is 0. The molecule has 0 unspecified atom stereocenters. The number of likely N-dealkylation sites (tertiary alicyclic amines) is 1. The van der Waals surface area contributed by atoms with Crippen molar-refractivity contribution in [3.63, 3.8) is 0 Å². The van der Waals surface area contributed by atoms with Gasteiger partial charge in [-0.25, -0.2) is 0 Å². The van der Waals surface area contributed by atoms with Crippen LogP contribution in [0.5, 0.6) is 11.5 Å². The number of aromatic hydroxyl groups is 1. The molecule has 2 aromatic carbocycles. The van der Waals surface area contributed by atoms with Crippen LogP contribution in [0, 0.1) is 5.95 Å². The lowest BCUT2D eigenvalue weighted by Crippen LogP contribution is -2.65. The molecule has 12 nitrogen and oxygen atoms in total. The number of phenols is 1. The molecule has 2 amide bonds. The Bertz CT molecular complexity index is 1980. The number of imide groups is 1. The number of aromatic nitrogens is 4. The van der Waals surface area contributed by atoms with Gasteiger partial charge in [-0.05, 0) is 80.7 Å². The molecule has 0 spiro atoms. The van der Waals surface area contributed by atoms with Gasteiger partial charge >= 0.3 is 0 Å². The lowest BCUT2D eigenvalue weighted by Gasteiger charge is -2.46. The standard InChI is InChI=1S/C37H43FN8O4Si/c38-34-28(27-20-29(41-42-35(27)39)26-4-1-2-7-31(26)47)21-46(43-34)24-13-16-44(17-14-24)23-10-8-22(9-11-23)25-5-3-6-30-33(25)50-19-18-45(30)37(51)15-12-32(48)40-36(37)49/h1-7,20-24,47H,8-19H2,51H3,(H2,39,42)(H,40,48,49)/t22-,23-,37-/m0/s1. The van der Waals surface area contributed by atoms with Crippen LogP contribution < -0.4 is 20.7 Å². The normalized spacial score (nSPS) is 24.6. The second kappa shape index (κ2) is 13.4. The maximum Gasteiger partial charge on any atom is 0.247 e. The Morgan fingerprint density at radius 1 is 0.941 bits per heavy atom. The Morgan fingerprint density at radius 2 is 1.73 bits per heavy atom.